The number of para-hydroxylation sites is 1. The lowest BCUT2D eigenvalue weighted by molar-refractivity contribution is 0.282. The highest BCUT2D eigenvalue weighted by Crippen LogP contribution is 2.27. The van der Waals surface area contributed by atoms with Crippen molar-refractivity contribution in [3.05, 3.63) is 51.5 Å². The van der Waals surface area contributed by atoms with E-state index in [1.54, 1.807) is 0 Å². The molecule has 2 aromatic heterocycles. The molecule has 3 aromatic rings. The van der Waals surface area contributed by atoms with Crippen molar-refractivity contribution >= 4 is 28.1 Å². The summed E-state index contributed by atoms with van der Waals surface area (Å²) in [4.78, 5) is 10.9. The lowest BCUT2D eigenvalue weighted by atomic mass is 10.0. The largest absolute Gasteiger partial charge is 0.392 e. The van der Waals surface area contributed by atoms with Gasteiger partial charge in [0.15, 0.2) is 0 Å². The Labute approximate surface area is 145 Å². The van der Waals surface area contributed by atoms with Crippen molar-refractivity contribution in [1.82, 2.24) is 9.97 Å². The average molecular weight is 339 g/mol. The number of aliphatic hydroxyl groups is 1. The number of nitrogens with zero attached hydrogens (tertiary/aromatic N) is 2. The highest BCUT2D eigenvalue weighted by atomic mass is 32.1. The number of hydrogen-bond donors (Lipinski definition) is 2. The van der Waals surface area contributed by atoms with Crippen LogP contribution in [0.25, 0.3) is 10.9 Å². The number of aromatic nitrogens is 2. The number of fused-ring (bicyclic) bond motifs is 2. The molecule has 24 heavy (non-hydrogen) atoms. The van der Waals surface area contributed by atoms with Crippen LogP contribution in [0.2, 0.25) is 0 Å². The highest BCUT2D eigenvalue weighted by molar-refractivity contribution is 7.11. The molecule has 0 aliphatic heterocycles. The molecule has 0 radical (unpaired) electrons. The van der Waals surface area contributed by atoms with Crippen LogP contribution in [0.4, 0.5) is 5.82 Å². The molecule has 1 aliphatic rings. The van der Waals surface area contributed by atoms with E-state index in [0.717, 1.165) is 41.7 Å². The van der Waals surface area contributed by atoms with Gasteiger partial charge in [0.05, 0.1) is 22.8 Å². The van der Waals surface area contributed by atoms with E-state index in [4.69, 9.17) is 4.98 Å². The summed E-state index contributed by atoms with van der Waals surface area (Å²) in [5.74, 6) is 0.775. The second-order valence-electron chi connectivity index (χ2n) is 6.21. The summed E-state index contributed by atoms with van der Waals surface area (Å²) in [7, 11) is 0. The fourth-order valence-electron chi connectivity index (χ4n) is 3.23. The van der Waals surface area contributed by atoms with Crippen LogP contribution in [0, 0.1) is 0 Å². The molecular formula is C19H21N3OS. The van der Waals surface area contributed by atoms with Crippen LogP contribution in [0.1, 0.15) is 34.0 Å². The van der Waals surface area contributed by atoms with Crippen LogP contribution in [0.3, 0.4) is 0 Å². The molecule has 2 heterocycles. The molecule has 0 bridgehead atoms. The van der Waals surface area contributed by atoms with Crippen molar-refractivity contribution in [3.63, 3.8) is 0 Å². The Bertz CT molecular complexity index is 835. The van der Waals surface area contributed by atoms with Crippen LogP contribution in [-0.2, 0) is 25.9 Å². The normalized spacial score (nSPS) is 13.9. The summed E-state index contributed by atoms with van der Waals surface area (Å²) < 4.78 is 0. The van der Waals surface area contributed by atoms with Gasteiger partial charge in [-0.25, -0.2) is 9.97 Å². The monoisotopic (exact) mass is 339 g/mol. The quantitative estimate of drug-likeness (QED) is 0.744. The number of thiazole rings is 1. The van der Waals surface area contributed by atoms with Crippen LogP contribution < -0.4 is 5.32 Å². The standard InChI is InChI=1S/C19H21N3OS/c23-12-14-11-13-5-1-2-6-15(13)22-19(14)20-10-9-18-21-16-7-3-4-8-17(16)24-18/h1-2,5-6,11,23H,3-4,7-10,12H2,(H,20,22). The molecular weight excluding hydrogens is 318 g/mol. The Morgan fingerprint density at radius 3 is 2.88 bits per heavy atom. The first-order chi connectivity index (χ1) is 11.8. The zero-order valence-corrected chi connectivity index (χ0v) is 14.4. The number of anilines is 1. The highest BCUT2D eigenvalue weighted by Gasteiger charge is 2.15. The molecule has 0 amide bonds. The Morgan fingerprint density at radius 2 is 2.00 bits per heavy atom. The molecule has 4 nitrogen and oxygen atoms in total. The summed E-state index contributed by atoms with van der Waals surface area (Å²) in [6.45, 7) is 0.774. The van der Waals surface area contributed by atoms with Gasteiger partial charge in [0.25, 0.3) is 0 Å². The fraction of sp³-hybridized carbons (Fsp3) is 0.368. The summed E-state index contributed by atoms with van der Waals surface area (Å²) in [5, 5.41) is 15.3. The van der Waals surface area contributed by atoms with E-state index in [9.17, 15) is 5.11 Å². The first-order valence-electron chi connectivity index (χ1n) is 8.54. The van der Waals surface area contributed by atoms with Gasteiger partial charge >= 0.3 is 0 Å². The summed E-state index contributed by atoms with van der Waals surface area (Å²) in [6.07, 6.45) is 5.81. The smallest absolute Gasteiger partial charge is 0.132 e. The number of benzene rings is 1. The maximum absolute atomic E-state index is 9.61. The van der Waals surface area contributed by atoms with Gasteiger partial charge in [-0.3, -0.25) is 0 Å². The molecule has 0 spiro atoms. The molecule has 1 aliphatic carbocycles. The zero-order valence-electron chi connectivity index (χ0n) is 13.6. The molecule has 5 heteroatoms. The van der Waals surface area contributed by atoms with Gasteiger partial charge in [-0.1, -0.05) is 18.2 Å². The summed E-state index contributed by atoms with van der Waals surface area (Å²) >= 11 is 1.86. The van der Waals surface area contributed by atoms with Crippen molar-refractivity contribution in [2.75, 3.05) is 11.9 Å². The number of aliphatic hydroxyl groups excluding tert-OH is 1. The Kier molecular flexibility index (Phi) is 4.45. The Hall–Kier alpha value is -1.98. The third-order valence-corrected chi connectivity index (χ3v) is 5.71. The minimum Gasteiger partial charge on any atom is -0.392 e. The lowest BCUT2D eigenvalue weighted by Crippen LogP contribution is -2.09. The third kappa shape index (κ3) is 3.14. The van der Waals surface area contributed by atoms with E-state index >= 15 is 0 Å². The molecule has 2 N–H and O–H groups in total. The topological polar surface area (TPSA) is 58.0 Å². The number of pyridine rings is 1. The number of aryl methyl sites for hydroxylation is 2. The maximum atomic E-state index is 9.61. The van der Waals surface area contributed by atoms with Gasteiger partial charge in [-0.15, -0.1) is 11.3 Å². The van der Waals surface area contributed by atoms with Crippen LogP contribution >= 0.6 is 11.3 Å². The third-order valence-electron chi connectivity index (χ3n) is 4.49. The first kappa shape index (κ1) is 15.5. The molecule has 0 unspecified atom stereocenters. The fourth-order valence-corrected chi connectivity index (χ4v) is 4.39. The van der Waals surface area contributed by atoms with Crippen LogP contribution in [0.15, 0.2) is 30.3 Å². The van der Waals surface area contributed by atoms with E-state index in [0.29, 0.717) is 0 Å². The summed E-state index contributed by atoms with van der Waals surface area (Å²) in [6, 6.07) is 10.00. The molecule has 0 saturated carbocycles. The Morgan fingerprint density at radius 1 is 1.12 bits per heavy atom. The van der Waals surface area contributed by atoms with Gasteiger partial charge in [0, 0.05) is 28.8 Å². The van der Waals surface area contributed by atoms with Crippen molar-refractivity contribution in [2.45, 2.75) is 38.7 Å². The SMILES string of the molecule is OCc1cc2ccccc2nc1NCCc1nc2c(s1)CCCC2. The zero-order chi connectivity index (χ0) is 16.4. The minimum absolute atomic E-state index is 0.00822. The van der Waals surface area contributed by atoms with Gasteiger partial charge in [-0.2, -0.15) is 0 Å². The van der Waals surface area contributed by atoms with Crippen LogP contribution in [-0.4, -0.2) is 21.6 Å². The number of rotatable bonds is 5. The van der Waals surface area contributed by atoms with Crippen molar-refractivity contribution < 1.29 is 5.11 Å². The van der Waals surface area contributed by atoms with Crippen molar-refractivity contribution in [2.24, 2.45) is 0 Å². The molecule has 1 aromatic carbocycles. The minimum atomic E-state index is -0.00822. The Balaban J connectivity index is 1.47. The van der Waals surface area contributed by atoms with E-state index in [-0.39, 0.29) is 6.61 Å². The molecule has 4 rings (SSSR count). The second kappa shape index (κ2) is 6.87. The lowest BCUT2D eigenvalue weighted by Gasteiger charge is -2.10. The first-order valence-corrected chi connectivity index (χ1v) is 9.36. The molecule has 0 saturated heterocycles. The molecule has 0 atom stereocenters. The number of hydrogen-bond acceptors (Lipinski definition) is 5. The van der Waals surface area contributed by atoms with Gasteiger partial charge < -0.3 is 10.4 Å². The van der Waals surface area contributed by atoms with E-state index < -0.39 is 0 Å². The van der Waals surface area contributed by atoms with Gasteiger partial charge in [0.1, 0.15) is 5.82 Å². The second-order valence-corrected chi connectivity index (χ2v) is 7.38. The average Bonchev–Trinajstić information content (AvgIpc) is 3.04. The molecule has 0 fully saturated rings. The van der Waals surface area contributed by atoms with Crippen molar-refractivity contribution in [3.8, 4) is 0 Å². The summed E-state index contributed by atoms with van der Waals surface area (Å²) in [5.41, 5.74) is 3.11. The predicted molar refractivity (Wildman–Crippen MR) is 98.6 cm³/mol. The molecule has 124 valence electrons. The number of nitrogens with one attached hydrogen (secondary N) is 1. The van der Waals surface area contributed by atoms with Gasteiger partial charge in [0.2, 0.25) is 0 Å². The van der Waals surface area contributed by atoms with E-state index in [1.807, 2.05) is 41.7 Å². The van der Waals surface area contributed by atoms with E-state index in [1.165, 1.54) is 34.8 Å². The maximum Gasteiger partial charge on any atom is 0.132 e. The van der Waals surface area contributed by atoms with E-state index in [2.05, 4.69) is 10.3 Å². The van der Waals surface area contributed by atoms with Crippen LogP contribution in [0.5, 0.6) is 0 Å². The predicted octanol–water partition coefficient (Wildman–Crippen LogP) is 3.72. The van der Waals surface area contributed by atoms with Gasteiger partial charge in [-0.05, 0) is 37.8 Å². The van der Waals surface area contributed by atoms with Crippen molar-refractivity contribution in [1.29, 1.82) is 0 Å².